The number of aromatic nitrogens is 1. The van der Waals surface area contributed by atoms with Crippen LogP contribution in [0.4, 0.5) is 14.5 Å². The van der Waals surface area contributed by atoms with Gasteiger partial charge in [0, 0.05) is 11.8 Å². The standard InChI is InChI=1S/C7H7BrF2N2O/c8-6-4(7(9)10)5(11)3(2-13)1-12-6/h1,7,13H,2H2,(H2,11,12). The molecular weight excluding hydrogens is 246 g/mol. The van der Waals surface area contributed by atoms with Crippen molar-refractivity contribution in [2.45, 2.75) is 13.0 Å². The molecule has 0 aromatic carbocycles. The molecule has 0 aliphatic rings. The van der Waals surface area contributed by atoms with Gasteiger partial charge < -0.3 is 10.8 Å². The molecule has 0 bridgehead atoms. The third kappa shape index (κ3) is 1.94. The number of nitrogens with zero attached hydrogens (tertiary/aromatic N) is 1. The van der Waals surface area contributed by atoms with Gasteiger partial charge in [-0.05, 0) is 15.9 Å². The van der Waals surface area contributed by atoms with E-state index in [2.05, 4.69) is 20.9 Å². The van der Waals surface area contributed by atoms with Gasteiger partial charge in [-0.25, -0.2) is 13.8 Å². The fourth-order valence-corrected chi connectivity index (χ4v) is 1.38. The molecule has 0 aliphatic carbocycles. The van der Waals surface area contributed by atoms with Crippen molar-refractivity contribution in [2.75, 3.05) is 5.73 Å². The maximum atomic E-state index is 12.4. The van der Waals surface area contributed by atoms with Gasteiger partial charge in [-0.15, -0.1) is 0 Å². The Morgan fingerprint density at radius 2 is 2.23 bits per heavy atom. The zero-order valence-electron chi connectivity index (χ0n) is 6.47. The lowest BCUT2D eigenvalue weighted by Crippen LogP contribution is -2.03. The van der Waals surface area contributed by atoms with Crippen LogP contribution in [0.15, 0.2) is 10.8 Å². The number of hydrogen-bond acceptors (Lipinski definition) is 3. The van der Waals surface area contributed by atoms with Gasteiger partial charge in [0.05, 0.1) is 17.9 Å². The van der Waals surface area contributed by atoms with Gasteiger partial charge in [0.25, 0.3) is 6.43 Å². The highest BCUT2D eigenvalue weighted by molar-refractivity contribution is 9.10. The summed E-state index contributed by atoms with van der Waals surface area (Å²) in [5.41, 5.74) is 5.11. The molecule has 6 heteroatoms. The van der Waals surface area contributed by atoms with E-state index in [1.54, 1.807) is 0 Å². The molecule has 1 aromatic rings. The van der Waals surface area contributed by atoms with E-state index in [4.69, 9.17) is 10.8 Å². The monoisotopic (exact) mass is 252 g/mol. The summed E-state index contributed by atoms with van der Waals surface area (Å²) in [6, 6.07) is 0. The molecule has 1 aromatic heterocycles. The van der Waals surface area contributed by atoms with E-state index in [0.29, 0.717) is 0 Å². The van der Waals surface area contributed by atoms with Crippen LogP contribution in [0.5, 0.6) is 0 Å². The number of alkyl halides is 2. The minimum absolute atomic E-state index is 0.0113. The summed E-state index contributed by atoms with van der Waals surface area (Å²) in [5.74, 6) is 0. The molecule has 0 spiro atoms. The van der Waals surface area contributed by atoms with E-state index in [9.17, 15) is 8.78 Å². The molecule has 0 saturated heterocycles. The van der Waals surface area contributed by atoms with Gasteiger partial charge in [0.1, 0.15) is 4.60 Å². The largest absolute Gasteiger partial charge is 0.398 e. The molecule has 13 heavy (non-hydrogen) atoms. The molecule has 1 heterocycles. The predicted molar refractivity (Wildman–Crippen MR) is 47.2 cm³/mol. The first-order chi connectivity index (χ1) is 6.07. The minimum atomic E-state index is -2.70. The third-order valence-corrected chi connectivity index (χ3v) is 2.21. The van der Waals surface area contributed by atoms with Crippen molar-refractivity contribution in [3.8, 4) is 0 Å². The van der Waals surface area contributed by atoms with Crippen LogP contribution in [0.2, 0.25) is 0 Å². The SMILES string of the molecule is Nc1c(CO)cnc(Br)c1C(F)F. The van der Waals surface area contributed by atoms with Gasteiger partial charge in [-0.3, -0.25) is 0 Å². The van der Waals surface area contributed by atoms with E-state index in [1.807, 2.05) is 0 Å². The van der Waals surface area contributed by atoms with Crippen molar-refractivity contribution in [2.24, 2.45) is 0 Å². The first kappa shape index (κ1) is 10.3. The maximum absolute atomic E-state index is 12.4. The number of anilines is 1. The predicted octanol–water partition coefficient (Wildman–Crippen LogP) is 1.86. The molecular formula is C7H7BrF2N2O. The summed E-state index contributed by atoms with van der Waals surface area (Å²) in [5, 5.41) is 8.74. The van der Waals surface area contributed by atoms with Crippen LogP contribution in [0.3, 0.4) is 0 Å². The highest BCUT2D eigenvalue weighted by Crippen LogP contribution is 2.32. The molecule has 0 radical (unpaired) electrons. The Labute approximate surface area is 81.7 Å². The summed E-state index contributed by atoms with van der Waals surface area (Å²) in [7, 11) is 0. The van der Waals surface area contributed by atoms with Crippen molar-refractivity contribution in [3.05, 3.63) is 21.9 Å². The molecule has 0 saturated carbocycles. The van der Waals surface area contributed by atoms with E-state index in [0.717, 1.165) is 0 Å². The first-order valence-electron chi connectivity index (χ1n) is 3.39. The van der Waals surface area contributed by atoms with Crippen LogP contribution in [-0.2, 0) is 6.61 Å². The Bertz CT molecular complexity index is 320. The number of nitrogens with two attached hydrogens (primary N) is 1. The Morgan fingerprint density at radius 3 is 2.69 bits per heavy atom. The maximum Gasteiger partial charge on any atom is 0.268 e. The number of halogens is 3. The van der Waals surface area contributed by atoms with Crippen LogP contribution in [0, 0.1) is 0 Å². The van der Waals surface area contributed by atoms with E-state index < -0.39 is 13.0 Å². The molecule has 72 valence electrons. The highest BCUT2D eigenvalue weighted by Gasteiger charge is 2.18. The van der Waals surface area contributed by atoms with Gasteiger partial charge in [0.2, 0.25) is 0 Å². The van der Waals surface area contributed by atoms with Crippen LogP contribution < -0.4 is 5.73 Å². The van der Waals surface area contributed by atoms with Crippen LogP contribution in [0.1, 0.15) is 17.6 Å². The lowest BCUT2D eigenvalue weighted by molar-refractivity contribution is 0.150. The molecule has 1 rings (SSSR count). The lowest BCUT2D eigenvalue weighted by Gasteiger charge is -2.09. The third-order valence-electron chi connectivity index (χ3n) is 1.58. The Kier molecular flexibility index (Phi) is 3.16. The lowest BCUT2D eigenvalue weighted by atomic mass is 10.1. The minimum Gasteiger partial charge on any atom is -0.398 e. The summed E-state index contributed by atoms with van der Waals surface area (Å²) in [4.78, 5) is 3.63. The summed E-state index contributed by atoms with van der Waals surface area (Å²) in [6.45, 7) is -0.397. The molecule has 0 amide bonds. The van der Waals surface area contributed by atoms with E-state index >= 15 is 0 Å². The quantitative estimate of drug-likeness (QED) is 0.791. The molecule has 0 aliphatic heterocycles. The molecule has 0 fully saturated rings. The summed E-state index contributed by atoms with van der Waals surface area (Å²) < 4.78 is 24.8. The number of aliphatic hydroxyl groups is 1. The van der Waals surface area contributed by atoms with Crippen molar-refractivity contribution in [1.82, 2.24) is 4.98 Å². The summed E-state index contributed by atoms with van der Waals surface area (Å²) >= 11 is 2.86. The Balaban J connectivity index is 3.30. The fraction of sp³-hybridized carbons (Fsp3) is 0.286. The number of hydrogen-bond donors (Lipinski definition) is 2. The van der Waals surface area contributed by atoms with E-state index in [-0.39, 0.29) is 21.4 Å². The first-order valence-corrected chi connectivity index (χ1v) is 4.19. The molecule has 0 unspecified atom stereocenters. The average Bonchev–Trinajstić information content (AvgIpc) is 2.04. The second-order valence-corrected chi connectivity index (χ2v) is 3.11. The van der Waals surface area contributed by atoms with Gasteiger partial charge in [0.15, 0.2) is 0 Å². The zero-order chi connectivity index (χ0) is 10.0. The van der Waals surface area contributed by atoms with Gasteiger partial charge >= 0.3 is 0 Å². The number of rotatable bonds is 2. The normalized spacial score (nSPS) is 10.8. The van der Waals surface area contributed by atoms with E-state index in [1.165, 1.54) is 6.20 Å². The van der Waals surface area contributed by atoms with Crippen LogP contribution in [0.25, 0.3) is 0 Å². The fourth-order valence-electron chi connectivity index (χ4n) is 0.891. The molecule has 3 N–H and O–H groups in total. The molecule has 0 atom stereocenters. The Morgan fingerprint density at radius 1 is 1.62 bits per heavy atom. The highest BCUT2D eigenvalue weighted by atomic mass is 79.9. The smallest absolute Gasteiger partial charge is 0.268 e. The number of pyridine rings is 1. The van der Waals surface area contributed by atoms with Crippen molar-refractivity contribution in [1.29, 1.82) is 0 Å². The van der Waals surface area contributed by atoms with Crippen LogP contribution >= 0.6 is 15.9 Å². The van der Waals surface area contributed by atoms with Crippen molar-refractivity contribution < 1.29 is 13.9 Å². The van der Waals surface area contributed by atoms with Gasteiger partial charge in [-0.2, -0.15) is 0 Å². The zero-order valence-corrected chi connectivity index (χ0v) is 8.05. The average molecular weight is 253 g/mol. The van der Waals surface area contributed by atoms with Crippen molar-refractivity contribution in [3.63, 3.8) is 0 Å². The Hall–Kier alpha value is -0.750. The van der Waals surface area contributed by atoms with Gasteiger partial charge in [-0.1, -0.05) is 0 Å². The van der Waals surface area contributed by atoms with Crippen LogP contribution in [-0.4, -0.2) is 10.1 Å². The number of nitrogen functional groups attached to an aromatic ring is 1. The number of aliphatic hydroxyl groups excluding tert-OH is 1. The topological polar surface area (TPSA) is 59.1 Å². The van der Waals surface area contributed by atoms with Crippen molar-refractivity contribution >= 4 is 21.6 Å². The second kappa shape index (κ2) is 3.97. The molecule has 3 nitrogen and oxygen atoms in total. The second-order valence-electron chi connectivity index (χ2n) is 2.36. The summed E-state index contributed by atoms with van der Waals surface area (Å²) in [6.07, 6.45) is -1.45.